The Labute approximate surface area is 124 Å². The van der Waals surface area contributed by atoms with Crippen LogP contribution in [0, 0.1) is 17.8 Å². The SMILES string of the molecule is CNCC1CCC(C)CC1Cc1ccc2c(c1)CCC2. The first kappa shape index (κ1) is 14.1. The normalized spacial score (nSPS) is 29.4. The van der Waals surface area contributed by atoms with Crippen LogP contribution in [0.5, 0.6) is 0 Å². The zero-order valence-electron chi connectivity index (χ0n) is 13.1. The van der Waals surface area contributed by atoms with E-state index in [0.29, 0.717) is 0 Å². The van der Waals surface area contributed by atoms with Crippen molar-refractivity contribution in [1.82, 2.24) is 5.32 Å². The molecule has 0 radical (unpaired) electrons. The molecule has 1 saturated carbocycles. The summed E-state index contributed by atoms with van der Waals surface area (Å²) in [5.74, 6) is 2.68. The van der Waals surface area contributed by atoms with Gasteiger partial charge in [-0.15, -0.1) is 0 Å². The van der Waals surface area contributed by atoms with Crippen molar-refractivity contribution in [2.45, 2.75) is 51.9 Å². The number of benzene rings is 1. The van der Waals surface area contributed by atoms with Crippen molar-refractivity contribution in [1.29, 1.82) is 0 Å². The van der Waals surface area contributed by atoms with Crippen LogP contribution in [0.25, 0.3) is 0 Å². The van der Waals surface area contributed by atoms with Gasteiger partial charge < -0.3 is 5.32 Å². The molecule has 0 spiro atoms. The molecular formula is C19H29N. The van der Waals surface area contributed by atoms with Gasteiger partial charge in [0.05, 0.1) is 0 Å². The Morgan fingerprint density at radius 3 is 2.80 bits per heavy atom. The molecule has 0 bridgehead atoms. The molecule has 0 aliphatic heterocycles. The summed E-state index contributed by atoms with van der Waals surface area (Å²) in [6, 6.07) is 7.31. The maximum Gasteiger partial charge on any atom is -0.00208 e. The summed E-state index contributed by atoms with van der Waals surface area (Å²) in [7, 11) is 2.10. The van der Waals surface area contributed by atoms with Crippen LogP contribution in [0.3, 0.4) is 0 Å². The van der Waals surface area contributed by atoms with E-state index >= 15 is 0 Å². The Hall–Kier alpha value is -0.820. The van der Waals surface area contributed by atoms with Crippen LogP contribution in [0.1, 0.15) is 49.3 Å². The fourth-order valence-corrected chi connectivity index (χ4v) is 4.40. The predicted octanol–water partition coefficient (Wildman–Crippen LogP) is 3.99. The summed E-state index contributed by atoms with van der Waals surface area (Å²) in [6.07, 6.45) is 9.53. The van der Waals surface area contributed by atoms with E-state index in [2.05, 4.69) is 37.5 Å². The smallest absolute Gasteiger partial charge is 0.00208 e. The molecule has 1 fully saturated rings. The fourth-order valence-electron chi connectivity index (χ4n) is 4.40. The van der Waals surface area contributed by atoms with E-state index in [1.807, 2.05) is 0 Å². The molecule has 3 unspecified atom stereocenters. The largest absolute Gasteiger partial charge is 0.319 e. The number of hydrogen-bond acceptors (Lipinski definition) is 1. The van der Waals surface area contributed by atoms with Gasteiger partial charge in [-0.3, -0.25) is 0 Å². The molecule has 1 aromatic rings. The second-order valence-corrected chi connectivity index (χ2v) is 7.16. The van der Waals surface area contributed by atoms with E-state index < -0.39 is 0 Å². The highest BCUT2D eigenvalue weighted by atomic mass is 14.8. The molecule has 1 heteroatoms. The summed E-state index contributed by atoms with van der Waals surface area (Å²) in [4.78, 5) is 0. The molecule has 1 nitrogen and oxygen atoms in total. The predicted molar refractivity (Wildman–Crippen MR) is 86.1 cm³/mol. The van der Waals surface area contributed by atoms with Gasteiger partial charge in [-0.2, -0.15) is 0 Å². The van der Waals surface area contributed by atoms with E-state index in [-0.39, 0.29) is 0 Å². The monoisotopic (exact) mass is 271 g/mol. The summed E-state index contributed by atoms with van der Waals surface area (Å²) < 4.78 is 0. The van der Waals surface area contributed by atoms with Crippen molar-refractivity contribution in [3.63, 3.8) is 0 Å². The lowest BCUT2D eigenvalue weighted by Gasteiger charge is -2.35. The first-order chi connectivity index (χ1) is 9.76. The minimum Gasteiger partial charge on any atom is -0.319 e. The van der Waals surface area contributed by atoms with Crippen LogP contribution in [0.2, 0.25) is 0 Å². The number of nitrogens with one attached hydrogen (secondary N) is 1. The maximum atomic E-state index is 3.41. The molecule has 0 amide bonds. The molecular weight excluding hydrogens is 242 g/mol. The van der Waals surface area contributed by atoms with Gasteiger partial charge >= 0.3 is 0 Å². The Morgan fingerprint density at radius 2 is 1.95 bits per heavy atom. The van der Waals surface area contributed by atoms with Crippen molar-refractivity contribution in [2.24, 2.45) is 17.8 Å². The van der Waals surface area contributed by atoms with Crippen LogP contribution in [0.15, 0.2) is 18.2 Å². The third kappa shape index (κ3) is 3.09. The van der Waals surface area contributed by atoms with Crippen molar-refractivity contribution in [3.8, 4) is 0 Å². The van der Waals surface area contributed by atoms with Crippen LogP contribution in [0.4, 0.5) is 0 Å². The standard InChI is InChI=1S/C19H29N/c1-14-6-8-18(13-20-2)19(10-14)12-15-7-9-16-4-3-5-17(16)11-15/h7,9,11,14,18-20H,3-6,8,10,12-13H2,1-2H3. The van der Waals surface area contributed by atoms with Gasteiger partial charge in [-0.05, 0) is 86.6 Å². The number of fused-ring (bicyclic) bond motifs is 1. The lowest BCUT2D eigenvalue weighted by molar-refractivity contribution is 0.186. The zero-order chi connectivity index (χ0) is 13.9. The first-order valence-corrected chi connectivity index (χ1v) is 8.51. The molecule has 0 aromatic heterocycles. The minimum atomic E-state index is 0.879. The highest BCUT2D eigenvalue weighted by Crippen LogP contribution is 2.36. The fraction of sp³-hybridized carbons (Fsp3) is 0.684. The van der Waals surface area contributed by atoms with Crippen LogP contribution in [-0.4, -0.2) is 13.6 Å². The summed E-state index contributed by atoms with van der Waals surface area (Å²) in [5, 5.41) is 3.41. The highest BCUT2D eigenvalue weighted by Gasteiger charge is 2.28. The topological polar surface area (TPSA) is 12.0 Å². The van der Waals surface area contributed by atoms with Crippen LogP contribution in [-0.2, 0) is 19.3 Å². The Balaban J connectivity index is 1.70. The summed E-state index contributed by atoms with van der Waals surface area (Å²) >= 11 is 0. The van der Waals surface area contributed by atoms with E-state index in [9.17, 15) is 0 Å². The highest BCUT2D eigenvalue weighted by molar-refractivity contribution is 5.35. The molecule has 110 valence electrons. The molecule has 0 heterocycles. The van der Waals surface area contributed by atoms with Gasteiger partial charge in [0.15, 0.2) is 0 Å². The van der Waals surface area contributed by atoms with Gasteiger partial charge in [0.1, 0.15) is 0 Å². The number of rotatable bonds is 4. The molecule has 2 aliphatic rings. The third-order valence-electron chi connectivity index (χ3n) is 5.53. The van der Waals surface area contributed by atoms with E-state index in [0.717, 1.165) is 17.8 Å². The second-order valence-electron chi connectivity index (χ2n) is 7.16. The first-order valence-electron chi connectivity index (χ1n) is 8.51. The molecule has 3 atom stereocenters. The van der Waals surface area contributed by atoms with E-state index in [1.54, 1.807) is 16.7 Å². The molecule has 20 heavy (non-hydrogen) atoms. The van der Waals surface area contributed by atoms with Gasteiger partial charge in [-0.1, -0.05) is 31.5 Å². The van der Waals surface area contributed by atoms with Crippen LogP contribution < -0.4 is 5.32 Å². The molecule has 2 aliphatic carbocycles. The quantitative estimate of drug-likeness (QED) is 0.873. The third-order valence-corrected chi connectivity index (χ3v) is 5.53. The van der Waals surface area contributed by atoms with Crippen molar-refractivity contribution in [2.75, 3.05) is 13.6 Å². The summed E-state index contributed by atoms with van der Waals surface area (Å²) in [5.41, 5.74) is 4.83. The summed E-state index contributed by atoms with van der Waals surface area (Å²) in [6.45, 7) is 3.63. The number of hydrogen-bond donors (Lipinski definition) is 1. The van der Waals surface area contributed by atoms with Crippen molar-refractivity contribution < 1.29 is 0 Å². The average Bonchev–Trinajstić information content (AvgIpc) is 2.89. The van der Waals surface area contributed by atoms with Gasteiger partial charge in [0.2, 0.25) is 0 Å². The molecule has 1 aromatic carbocycles. The molecule has 3 rings (SSSR count). The average molecular weight is 271 g/mol. The van der Waals surface area contributed by atoms with Gasteiger partial charge in [-0.25, -0.2) is 0 Å². The molecule has 1 N–H and O–H groups in total. The van der Waals surface area contributed by atoms with Crippen molar-refractivity contribution in [3.05, 3.63) is 34.9 Å². The molecule has 0 saturated heterocycles. The maximum absolute atomic E-state index is 3.41. The van der Waals surface area contributed by atoms with E-state index in [1.165, 1.54) is 51.5 Å². The zero-order valence-corrected chi connectivity index (χ0v) is 13.1. The minimum absolute atomic E-state index is 0.879. The Morgan fingerprint density at radius 1 is 1.10 bits per heavy atom. The lowest BCUT2D eigenvalue weighted by atomic mass is 9.72. The number of aryl methyl sites for hydroxylation is 2. The second kappa shape index (κ2) is 6.30. The van der Waals surface area contributed by atoms with E-state index in [4.69, 9.17) is 0 Å². The van der Waals surface area contributed by atoms with Gasteiger partial charge in [0, 0.05) is 0 Å². The lowest BCUT2D eigenvalue weighted by Crippen LogP contribution is -2.32. The van der Waals surface area contributed by atoms with Gasteiger partial charge in [0.25, 0.3) is 0 Å². The van der Waals surface area contributed by atoms with Crippen molar-refractivity contribution >= 4 is 0 Å². The Bertz CT molecular complexity index is 451. The Kier molecular flexibility index (Phi) is 4.45. The van der Waals surface area contributed by atoms with Crippen LogP contribution >= 0.6 is 0 Å².